The van der Waals surface area contributed by atoms with Gasteiger partial charge in [0.05, 0.1) is 13.7 Å². The second-order valence-electron chi connectivity index (χ2n) is 3.61. The average molecular weight is 253 g/mol. The molecule has 1 rings (SSSR count). The quantitative estimate of drug-likeness (QED) is 0.781. The lowest BCUT2D eigenvalue weighted by atomic mass is 10.2. The number of rotatable bonds is 6. The molecular formula is C13H16FNO3. The van der Waals surface area contributed by atoms with Gasteiger partial charge in [-0.15, -0.1) is 6.58 Å². The molecule has 4 nitrogen and oxygen atoms in total. The van der Waals surface area contributed by atoms with Crippen LogP contribution in [0.15, 0.2) is 30.9 Å². The zero-order chi connectivity index (χ0) is 13.5. The first-order chi connectivity index (χ1) is 8.63. The van der Waals surface area contributed by atoms with Crippen molar-refractivity contribution in [1.82, 2.24) is 4.90 Å². The Balaban J connectivity index is 2.93. The van der Waals surface area contributed by atoms with Gasteiger partial charge in [0.1, 0.15) is 0 Å². The number of methoxy groups -OCH3 is 1. The summed E-state index contributed by atoms with van der Waals surface area (Å²) in [6, 6.07) is 4.00. The number of hydrogen-bond acceptors (Lipinski definition) is 3. The molecule has 0 spiro atoms. The molecule has 18 heavy (non-hydrogen) atoms. The summed E-state index contributed by atoms with van der Waals surface area (Å²) in [5.74, 6) is -0.861. The molecule has 0 aromatic heterocycles. The third kappa shape index (κ3) is 3.30. The lowest BCUT2D eigenvalue weighted by Crippen LogP contribution is -2.33. The number of ether oxygens (including phenoxy) is 1. The molecule has 0 saturated heterocycles. The van der Waals surface area contributed by atoms with Gasteiger partial charge in [-0.25, -0.2) is 4.39 Å². The molecule has 0 fully saturated rings. The number of benzene rings is 1. The standard InChI is InChI=1S/C13H16FNO3/c1-3-6-15(7-8-16)13(17)10-4-5-12(18-2)11(14)9-10/h3-5,9,16H,1,6-8H2,2H3. The van der Waals surface area contributed by atoms with E-state index in [1.54, 1.807) is 6.08 Å². The number of carbonyl (C=O) groups is 1. The molecule has 1 amide bonds. The van der Waals surface area contributed by atoms with Crippen LogP contribution in [-0.2, 0) is 0 Å². The number of aliphatic hydroxyl groups excluding tert-OH is 1. The maximum atomic E-state index is 13.5. The third-order valence-corrected chi connectivity index (χ3v) is 2.41. The van der Waals surface area contributed by atoms with Crippen LogP contribution in [-0.4, -0.2) is 42.7 Å². The highest BCUT2D eigenvalue weighted by Gasteiger charge is 2.16. The van der Waals surface area contributed by atoms with Crippen LogP contribution in [0.1, 0.15) is 10.4 Å². The van der Waals surface area contributed by atoms with Crippen molar-refractivity contribution >= 4 is 5.91 Å². The highest BCUT2D eigenvalue weighted by Crippen LogP contribution is 2.18. The fourth-order valence-corrected chi connectivity index (χ4v) is 1.53. The van der Waals surface area contributed by atoms with Crippen molar-refractivity contribution < 1.29 is 19.0 Å². The summed E-state index contributed by atoms with van der Waals surface area (Å²) in [6.45, 7) is 3.86. The van der Waals surface area contributed by atoms with Gasteiger partial charge in [0.15, 0.2) is 11.6 Å². The Morgan fingerprint density at radius 2 is 2.33 bits per heavy atom. The minimum atomic E-state index is -0.592. The highest BCUT2D eigenvalue weighted by molar-refractivity contribution is 5.94. The van der Waals surface area contributed by atoms with Gasteiger partial charge in [0, 0.05) is 18.7 Å². The van der Waals surface area contributed by atoms with Gasteiger partial charge in [-0.2, -0.15) is 0 Å². The fourth-order valence-electron chi connectivity index (χ4n) is 1.53. The Labute approximate surface area is 105 Å². The molecule has 0 saturated carbocycles. The van der Waals surface area contributed by atoms with Crippen molar-refractivity contribution in [3.63, 3.8) is 0 Å². The van der Waals surface area contributed by atoms with Crippen LogP contribution in [0.5, 0.6) is 5.75 Å². The lowest BCUT2D eigenvalue weighted by Gasteiger charge is -2.20. The molecule has 0 atom stereocenters. The fraction of sp³-hybridized carbons (Fsp3) is 0.308. The van der Waals surface area contributed by atoms with Gasteiger partial charge in [-0.1, -0.05) is 6.08 Å². The SMILES string of the molecule is C=CCN(CCO)C(=O)c1ccc(OC)c(F)c1. The predicted molar refractivity (Wildman–Crippen MR) is 66.1 cm³/mol. The van der Waals surface area contributed by atoms with Crippen LogP contribution < -0.4 is 4.74 Å². The van der Waals surface area contributed by atoms with Crippen LogP contribution in [0.2, 0.25) is 0 Å². The summed E-state index contributed by atoms with van der Waals surface area (Å²) in [5, 5.41) is 8.87. The topological polar surface area (TPSA) is 49.8 Å². The molecule has 0 heterocycles. The van der Waals surface area contributed by atoms with E-state index < -0.39 is 5.82 Å². The van der Waals surface area contributed by atoms with Crippen molar-refractivity contribution in [3.8, 4) is 5.75 Å². The number of amides is 1. The number of halogens is 1. The molecule has 98 valence electrons. The maximum absolute atomic E-state index is 13.5. The van der Waals surface area contributed by atoms with Crippen molar-refractivity contribution in [2.75, 3.05) is 26.8 Å². The molecule has 1 N–H and O–H groups in total. The van der Waals surface area contributed by atoms with Crippen molar-refractivity contribution in [1.29, 1.82) is 0 Å². The Morgan fingerprint density at radius 3 is 2.83 bits per heavy atom. The van der Waals surface area contributed by atoms with E-state index in [0.29, 0.717) is 6.54 Å². The minimum absolute atomic E-state index is 0.0870. The van der Waals surface area contributed by atoms with Gasteiger partial charge in [0.25, 0.3) is 5.91 Å². The Morgan fingerprint density at radius 1 is 1.61 bits per heavy atom. The van der Waals surface area contributed by atoms with E-state index in [4.69, 9.17) is 9.84 Å². The van der Waals surface area contributed by atoms with Crippen molar-refractivity contribution in [3.05, 3.63) is 42.2 Å². The van der Waals surface area contributed by atoms with Crippen molar-refractivity contribution in [2.45, 2.75) is 0 Å². The summed E-state index contributed by atoms with van der Waals surface area (Å²) < 4.78 is 18.3. The van der Waals surface area contributed by atoms with E-state index in [0.717, 1.165) is 6.07 Å². The molecule has 1 aromatic carbocycles. The molecule has 0 aliphatic rings. The van der Waals surface area contributed by atoms with E-state index in [1.165, 1.54) is 24.1 Å². The zero-order valence-electron chi connectivity index (χ0n) is 10.2. The van der Waals surface area contributed by atoms with Gasteiger partial charge >= 0.3 is 0 Å². The molecule has 0 bridgehead atoms. The summed E-state index contributed by atoms with van der Waals surface area (Å²) in [6.07, 6.45) is 1.55. The van der Waals surface area contributed by atoms with E-state index in [1.807, 2.05) is 0 Å². The van der Waals surface area contributed by atoms with Gasteiger partial charge in [0.2, 0.25) is 0 Å². The van der Waals surface area contributed by atoms with Gasteiger partial charge in [-0.3, -0.25) is 4.79 Å². The number of carbonyl (C=O) groups excluding carboxylic acids is 1. The average Bonchev–Trinajstić information content (AvgIpc) is 2.37. The van der Waals surface area contributed by atoms with E-state index in [-0.39, 0.29) is 30.4 Å². The van der Waals surface area contributed by atoms with E-state index >= 15 is 0 Å². The molecule has 1 aromatic rings. The van der Waals surface area contributed by atoms with Crippen LogP contribution in [0, 0.1) is 5.82 Å². The summed E-state index contributed by atoms with van der Waals surface area (Å²) >= 11 is 0. The predicted octanol–water partition coefficient (Wildman–Crippen LogP) is 1.45. The Bertz CT molecular complexity index is 434. The third-order valence-electron chi connectivity index (χ3n) is 2.41. The highest BCUT2D eigenvalue weighted by atomic mass is 19.1. The molecule has 0 unspecified atom stereocenters. The van der Waals surface area contributed by atoms with Crippen LogP contribution in [0.4, 0.5) is 4.39 Å². The summed E-state index contributed by atoms with van der Waals surface area (Å²) in [7, 11) is 1.36. The second kappa shape index (κ2) is 6.76. The number of nitrogens with zero attached hydrogens (tertiary/aromatic N) is 1. The molecule has 0 aliphatic heterocycles. The largest absolute Gasteiger partial charge is 0.494 e. The van der Waals surface area contributed by atoms with E-state index in [9.17, 15) is 9.18 Å². The smallest absolute Gasteiger partial charge is 0.254 e. The monoisotopic (exact) mass is 253 g/mol. The Hall–Kier alpha value is -1.88. The summed E-state index contributed by atoms with van der Waals surface area (Å²) in [4.78, 5) is 13.4. The molecule has 5 heteroatoms. The zero-order valence-corrected chi connectivity index (χ0v) is 10.2. The molecule has 0 aliphatic carbocycles. The van der Waals surface area contributed by atoms with Crippen molar-refractivity contribution in [2.24, 2.45) is 0 Å². The van der Waals surface area contributed by atoms with Crippen LogP contribution >= 0.6 is 0 Å². The van der Waals surface area contributed by atoms with E-state index in [2.05, 4.69) is 6.58 Å². The van der Waals surface area contributed by atoms with Gasteiger partial charge < -0.3 is 14.7 Å². The number of hydrogen-bond donors (Lipinski definition) is 1. The second-order valence-corrected chi connectivity index (χ2v) is 3.61. The van der Waals surface area contributed by atoms with Gasteiger partial charge in [-0.05, 0) is 18.2 Å². The Kier molecular flexibility index (Phi) is 5.32. The first-order valence-corrected chi connectivity index (χ1v) is 5.48. The first-order valence-electron chi connectivity index (χ1n) is 5.48. The maximum Gasteiger partial charge on any atom is 0.254 e. The minimum Gasteiger partial charge on any atom is -0.494 e. The van der Waals surface area contributed by atoms with Crippen LogP contribution in [0.25, 0.3) is 0 Å². The normalized spacial score (nSPS) is 9.94. The first kappa shape index (κ1) is 14.2. The molecular weight excluding hydrogens is 237 g/mol. The lowest BCUT2D eigenvalue weighted by molar-refractivity contribution is 0.0742. The van der Waals surface area contributed by atoms with Crippen LogP contribution in [0.3, 0.4) is 0 Å². The molecule has 0 radical (unpaired) electrons. The summed E-state index contributed by atoms with van der Waals surface area (Å²) in [5.41, 5.74) is 0.212. The number of aliphatic hydroxyl groups is 1.